The van der Waals surface area contributed by atoms with Gasteiger partial charge in [0.1, 0.15) is 17.2 Å². The Morgan fingerprint density at radius 2 is 2.19 bits per heavy atom. The highest BCUT2D eigenvalue weighted by molar-refractivity contribution is 8.15. The van der Waals surface area contributed by atoms with Crippen LogP contribution in [0.1, 0.15) is 18.7 Å². The maximum Gasteiger partial charge on any atom is 0.283 e. The number of rotatable bonds is 5. The number of thiophene rings is 1. The van der Waals surface area contributed by atoms with Crippen molar-refractivity contribution in [2.75, 3.05) is 12.0 Å². The quantitative estimate of drug-likeness (QED) is 0.648. The van der Waals surface area contributed by atoms with Gasteiger partial charge in [-0.2, -0.15) is 0 Å². The van der Waals surface area contributed by atoms with Crippen LogP contribution in [0.5, 0.6) is 5.75 Å². The van der Waals surface area contributed by atoms with E-state index in [0.29, 0.717) is 27.3 Å². The van der Waals surface area contributed by atoms with Crippen LogP contribution in [0.3, 0.4) is 0 Å². The van der Waals surface area contributed by atoms with Crippen molar-refractivity contribution < 1.29 is 14.3 Å². The molecule has 2 aromatic rings. The predicted octanol–water partition coefficient (Wildman–Crippen LogP) is 4.86. The zero-order valence-corrected chi connectivity index (χ0v) is 17.3. The van der Waals surface area contributed by atoms with Crippen LogP contribution in [0.25, 0.3) is 6.08 Å². The zero-order valence-electron chi connectivity index (χ0n) is 14.9. The van der Waals surface area contributed by atoms with E-state index >= 15 is 0 Å². The second-order valence-electron chi connectivity index (χ2n) is 5.77. The molecule has 1 aromatic carbocycles. The van der Waals surface area contributed by atoms with Gasteiger partial charge in [0.05, 0.1) is 23.1 Å². The fourth-order valence-electron chi connectivity index (χ4n) is 2.35. The minimum absolute atomic E-state index is 0.0125. The summed E-state index contributed by atoms with van der Waals surface area (Å²) in [6, 6.07) is 8.92. The number of ether oxygens (including phenoxy) is 1. The van der Waals surface area contributed by atoms with Crippen LogP contribution in [0.15, 0.2) is 46.4 Å². The molecule has 0 fully saturated rings. The lowest BCUT2D eigenvalue weighted by molar-refractivity contribution is -0.116. The number of carbonyl (C=O) groups excluding carboxylic acids is 2. The second kappa shape index (κ2) is 8.29. The molecular weight excluding hydrogens is 404 g/mol. The first-order valence-corrected chi connectivity index (χ1v) is 10.2. The fraction of sp³-hybridized carbons (Fsp3) is 0.211. The minimum Gasteiger partial charge on any atom is -0.495 e. The summed E-state index contributed by atoms with van der Waals surface area (Å²) in [6.07, 6.45) is 1.75. The standard InChI is InChI=1S/C19H17ClN2O3S2/c1-11(23)12(2)27-19-21-16(10-14-5-4-8-26-14)18(24)22(19)13-6-7-17(25-3)15(20)9-13/h4-10,12H,1-3H3/b16-10+/t12-/m0/s1. The van der Waals surface area contributed by atoms with Crippen molar-refractivity contribution in [2.45, 2.75) is 19.1 Å². The molecule has 0 radical (unpaired) electrons. The molecule has 0 bridgehead atoms. The van der Waals surface area contributed by atoms with Gasteiger partial charge in [0.2, 0.25) is 0 Å². The zero-order chi connectivity index (χ0) is 19.6. The van der Waals surface area contributed by atoms with Gasteiger partial charge in [0, 0.05) is 4.88 Å². The number of aliphatic imine (C=N–C) groups is 1. The summed E-state index contributed by atoms with van der Waals surface area (Å²) in [7, 11) is 1.53. The maximum atomic E-state index is 13.0. The van der Waals surface area contributed by atoms with Gasteiger partial charge in [-0.3, -0.25) is 14.5 Å². The Morgan fingerprint density at radius 1 is 1.41 bits per heavy atom. The third-order valence-electron chi connectivity index (χ3n) is 3.90. The van der Waals surface area contributed by atoms with Crippen molar-refractivity contribution in [2.24, 2.45) is 4.99 Å². The second-order valence-corrected chi connectivity index (χ2v) is 8.46. The number of amides is 1. The predicted molar refractivity (Wildman–Crippen MR) is 113 cm³/mol. The van der Waals surface area contributed by atoms with Crippen LogP contribution >= 0.6 is 34.7 Å². The largest absolute Gasteiger partial charge is 0.495 e. The third-order valence-corrected chi connectivity index (χ3v) is 6.18. The van der Waals surface area contributed by atoms with Gasteiger partial charge < -0.3 is 4.74 Å². The molecule has 27 heavy (non-hydrogen) atoms. The van der Waals surface area contributed by atoms with Crippen LogP contribution in [0.4, 0.5) is 5.69 Å². The molecule has 1 aromatic heterocycles. The van der Waals surface area contributed by atoms with Gasteiger partial charge in [0.25, 0.3) is 5.91 Å². The number of thioether (sulfide) groups is 1. The highest BCUT2D eigenvalue weighted by Crippen LogP contribution is 2.35. The number of methoxy groups -OCH3 is 1. The molecule has 1 atom stereocenters. The van der Waals surface area contributed by atoms with Crippen LogP contribution in [0.2, 0.25) is 5.02 Å². The monoisotopic (exact) mass is 420 g/mol. The molecular formula is C19H17ClN2O3S2. The van der Waals surface area contributed by atoms with E-state index in [-0.39, 0.29) is 16.9 Å². The van der Waals surface area contributed by atoms with E-state index < -0.39 is 0 Å². The Bertz CT molecular complexity index is 938. The Balaban J connectivity index is 2.01. The molecule has 8 heteroatoms. The highest BCUT2D eigenvalue weighted by atomic mass is 35.5. The van der Waals surface area contributed by atoms with Crippen LogP contribution in [-0.4, -0.2) is 29.2 Å². The molecule has 0 saturated carbocycles. The SMILES string of the molecule is COc1ccc(N2C(=O)/C(=C\c3cccs3)N=C2S[C@@H](C)C(C)=O)cc1Cl. The van der Waals surface area contributed by atoms with Crippen molar-refractivity contribution in [3.8, 4) is 5.75 Å². The lowest BCUT2D eigenvalue weighted by Gasteiger charge is -2.20. The molecule has 1 aliphatic heterocycles. The Hall–Kier alpha value is -2.09. The number of nitrogens with zero attached hydrogens (tertiary/aromatic N) is 2. The Labute approximate surface area is 170 Å². The van der Waals surface area contributed by atoms with E-state index in [1.54, 1.807) is 31.2 Å². The van der Waals surface area contributed by atoms with E-state index in [1.807, 2.05) is 17.5 Å². The number of hydrogen-bond acceptors (Lipinski definition) is 6. The lowest BCUT2D eigenvalue weighted by atomic mass is 10.2. The number of benzene rings is 1. The fourth-order valence-corrected chi connectivity index (χ4v) is 4.18. The third kappa shape index (κ3) is 4.26. The number of amidine groups is 1. The summed E-state index contributed by atoms with van der Waals surface area (Å²) < 4.78 is 5.18. The number of Topliss-reactive ketones (excluding diaryl/α,β-unsaturated/α-hetero) is 1. The Morgan fingerprint density at radius 3 is 2.78 bits per heavy atom. The first-order chi connectivity index (χ1) is 12.9. The topological polar surface area (TPSA) is 59.0 Å². The van der Waals surface area contributed by atoms with Crippen molar-refractivity contribution >= 4 is 63.3 Å². The smallest absolute Gasteiger partial charge is 0.283 e. The molecule has 2 heterocycles. The minimum atomic E-state index is -0.325. The van der Waals surface area contributed by atoms with Gasteiger partial charge in [-0.05, 0) is 49.6 Å². The van der Waals surface area contributed by atoms with Crippen molar-refractivity contribution in [3.63, 3.8) is 0 Å². The van der Waals surface area contributed by atoms with Gasteiger partial charge in [0.15, 0.2) is 5.17 Å². The van der Waals surface area contributed by atoms with E-state index in [9.17, 15) is 9.59 Å². The van der Waals surface area contributed by atoms with Crippen LogP contribution < -0.4 is 9.64 Å². The van der Waals surface area contributed by atoms with Crippen LogP contribution in [-0.2, 0) is 9.59 Å². The number of anilines is 1. The Kier molecular flexibility index (Phi) is 6.04. The summed E-state index contributed by atoms with van der Waals surface area (Å²) in [6.45, 7) is 3.31. The number of ketones is 1. The van der Waals surface area contributed by atoms with Crippen molar-refractivity contribution in [1.29, 1.82) is 0 Å². The summed E-state index contributed by atoms with van der Waals surface area (Å²) in [5.74, 6) is 0.270. The molecule has 1 aliphatic rings. The maximum absolute atomic E-state index is 13.0. The summed E-state index contributed by atoms with van der Waals surface area (Å²) in [5.41, 5.74) is 0.894. The van der Waals surface area contributed by atoms with E-state index in [2.05, 4.69) is 4.99 Å². The van der Waals surface area contributed by atoms with Crippen molar-refractivity contribution in [1.82, 2.24) is 0 Å². The normalized spacial score (nSPS) is 16.6. The first-order valence-electron chi connectivity index (χ1n) is 8.09. The molecule has 0 unspecified atom stereocenters. The van der Waals surface area contributed by atoms with Gasteiger partial charge in [-0.1, -0.05) is 29.4 Å². The van der Waals surface area contributed by atoms with Gasteiger partial charge in [-0.15, -0.1) is 11.3 Å². The number of hydrogen-bond donors (Lipinski definition) is 0. The van der Waals surface area contributed by atoms with E-state index in [4.69, 9.17) is 16.3 Å². The molecule has 3 rings (SSSR count). The van der Waals surface area contributed by atoms with Gasteiger partial charge >= 0.3 is 0 Å². The average Bonchev–Trinajstić information content (AvgIpc) is 3.24. The van der Waals surface area contributed by atoms with Crippen LogP contribution in [0, 0.1) is 0 Å². The van der Waals surface area contributed by atoms with E-state index in [1.165, 1.54) is 42.0 Å². The molecule has 0 spiro atoms. The molecule has 0 saturated heterocycles. The first kappa shape index (κ1) is 19.7. The average molecular weight is 421 g/mol. The van der Waals surface area contributed by atoms with Crippen molar-refractivity contribution in [3.05, 3.63) is 51.3 Å². The van der Waals surface area contributed by atoms with E-state index in [0.717, 1.165) is 4.88 Å². The summed E-state index contributed by atoms with van der Waals surface area (Å²) in [4.78, 5) is 31.6. The molecule has 0 aliphatic carbocycles. The summed E-state index contributed by atoms with van der Waals surface area (Å²) in [5, 5.41) is 2.45. The molecule has 140 valence electrons. The van der Waals surface area contributed by atoms with Gasteiger partial charge in [-0.25, -0.2) is 4.99 Å². The summed E-state index contributed by atoms with van der Waals surface area (Å²) >= 11 is 9.00. The molecule has 5 nitrogen and oxygen atoms in total. The number of halogens is 1. The molecule has 1 amide bonds. The molecule has 0 N–H and O–H groups in total. The highest BCUT2D eigenvalue weighted by Gasteiger charge is 2.34. The lowest BCUT2D eigenvalue weighted by Crippen LogP contribution is -2.31. The number of carbonyl (C=O) groups is 2.